The first-order valence-electron chi connectivity index (χ1n) is 18.3. The minimum Gasteiger partial charge on any atom is -0.494 e. The molecule has 0 saturated carbocycles. The largest absolute Gasteiger partial charge is 0.494 e. The number of ether oxygens (including phenoxy) is 3. The van der Waals surface area contributed by atoms with Crippen molar-refractivity contribution in [3.8, 4) is 11.8 Å². The molecule has 6 heterocycles. The number of nitrogens with one attached hydrogen (secondary N) is 2. The number of methoxy groups -OCH3 is 1. The molecule has 4 aliphatic heterocycles. The van der Waals surface area contributed by atoms with Gasteiger partial charge in [-0.05, 0) is 70.8 Å². The highest BCUT2D eigenvalue weighted by Gasteiger charge is 2.31. The van der Waals surface area contributed by atoms with E-state index >= 15 is 4.39 Å². The molecule has 2 aromatic carbocycles. The van der Waals surface area contributed by atoms with Crippen LogP contribution in [-0.2, 0) is 9.47 Å². The van der Waals surface area contributed by atoms with Crippen LogP contribution in [-0.4, -0.2) is 117 Å². The number of fused-ring (bicyclic) bond motifs is 4. The van der Waals surface area contributed by atoms with Crippen molar-refractivity contribution in [2.24, 2.45) is 0 Å². The van der Waals surface area contributed by atoms with Gasteiger partial charge in [0.1, 0.15) is 17.1 Å². The van der Waals surface area contributed by atoms with Crippen molar-refractivity contribution in [1.82, 2.24) is 24.7 Å². The fourth-order valence-electron chi connectivity index (χ4n) is 8.40. The lowest BCUT2D eigenvalue weighted by molar-refractivity contribution is 0.0101. The van der Waals surface area contributed by atoms with Crippen LogP contribution in [0.4, 0.5) is 10.1 Å². The molecule has 0 atom stereocenters. The van der Waals surface area contributed by atoms with Gasteiger partial charge in [-0.25, -0.2) is 4.39 Å². The van der Waals surface area contributed by atoms with Crippen molar-refractivity contribution in [3.63, 3.8) is 0 Å². The van der Waals surface area contributed by atoms with E-state index < -0.39 is 5.82 Å². The summed E-state index contributed by atoms with van der Waals surface area (Å²) < 4.78 is 35.1. The molecule has 268 valence electrons. The highest BCUT2D eigenvalue weighted by atomic mass is 19.1. The van der Waals surface area contributed by atoms with Crippen molar-refractivity contribution < 1.29 is 18.6 Å². The van der Waals surface area contributed by atoms with E-state index in [9.17, 15) is 10.1 Å². The number of piperidine rings is 2. The molecule has 0 radical (unpaired) electrons. The van der Waals surface area contributed by atoms with E-state index in [-0.39, 0.29) is 22.4 Å². The number of halogens is 1. The molecule has 11 nitrogen and oxygen atoms in total. The summed E-state index contributed by atoms with van der Waals surface area (Å²) in [5.41, 5.74) is 2.17. The standard InChI is InChI=1S/C29H32FN5O3.C9H18N2O/c1-17(2)35-26-21(28(36)24-20-5-4-18(16-31)14-22(20)32-29(24)35)15-23(37-3)27(25(26)30)34-8-6-19(7-9-34)33-10-12-38-13-11-33;1-3-10-4-2-9(1)11-5-7-12-8-6-11/h4-5,14-15,17,19,32H,6-13H2,1-3H3;9-10H,1-8H2. The monoisotopic (exact) mass is 687 g/mol. The second kappa shape index (κ2) is 15.3. The van der Waals surface area contributed by atoms with E-state index in [0.717, 1.165) is 71.5 Å². The Hall–Kier alpha value is -3.73. The van der Waals surface area contributed by atoms with E-state index in [1.807, 2.05) is 18.4 Å². The lowest BCUT2D eigenvalue weighted by atomic mass is 10.0. The van der Waals surface area contributed by atoms with Crippen molar-refractivity contribution in [3.05, 3.63) is 45.9 Å². The molecule has 2 aromatic heterocycles. The summed E-state index contributed by atoms with van der Waals surface area (Å²) in [5, 5.41) is 14.2. The van der Waals surface area contributed by atoms with E-state index in [2.05, 4.69) is 31.1 Å². The zero-order valence-electron chi connectivity index (χ0n) is 29.6. The molecule has 4 fully saturated rings. The zero-order valence-corrected chi connectivity index (χ0v) is 29.6. The average Bonchev–Trinajstić information content (AvgIpc) is 3.55. The summed E-state index contributed by atoms with van der Waals surface area (Å²) in [7, 11) is 1.53. The minimum absolute atomic E-state index is 0.132. The molecule has 0 unspecified atom stereocenters. The van der Waals surface area contributed by atoms with Gasteiger partial charge in [0.15, 0.2) is 11.2 Å². The number of pyridine rings is 1. The number of hydrogen-bond acceptors (Lipinski definition) is 9. The molecule has 0 amide bonds. The third-order valence-electron chi connectivity index (χ3n) is 11.0. The Bertz CT molecular complexity index is 1890. The van der Waals surface area contributed by atoms with Crippen molar-refractivity contribution in [1.29, 1.82) is 5.26 Å². The number of aromatic amines is 1. The molecule has 4 aliphatic rings. The van der Waals surface area contributed by atoms with Gasteiger partial charge in [0, 0.05) is 68.3 Å². The van der Waals surface area contributed by atoms with Gasteiger partial charge in [-0.15, -0.1) is 0 Å². The quantitative estimate of drug-likeness (QED) is 0.311. The highest BCUT2D eigenvalue weighted by molar-refractivity contribution is 6.10. The molecule has 8 rings (SSSR count). The lowest BCUT2D eigenvalue weighted by Gasteiger charge is -2.41. The van der Waals surface area contributed by atoms with Crippen molar-refractivity contribution in [2.45, 2.75) is 57.7 Å². The molecule has 2 N–H and O–H groups in total. The first-order chi connectivity index (χ1) is 24.4. The third kappa shape index (κ3) is 6.69. The number of aromatic nitrogens is 2. The number of nitrogens with zero attached hydrogens (tertiary/aromatic N) is 5. The highest BCUT2D eigenvalue weighted by Crippen LogP contribution is 2.40. The predicted octanol–water partition coefficient (Wildman–Crippen LogP) is 4.61. The maximum absolute atomic E-state index is 16.7. The number of benzene rings is 2. The van der Waals surface area contributed by atoms with Gasteiger partial charge in [-0.3, -0.25) is 14.6 Å². The van der Waals surface area contributed by atoms with Crippen LogP contribution >= 0.6 is 0 Å². The van der Waals surface area contributed by atoms with E-state index in [1.54, 1.807) is 24.3 Å². The fourth-order valence-corrected chi connectivity index (χ4v) is 8.40. The van der Waals surface area contributed by atoms with Gasteiger partial charge in [-0.2, -0.15) is 5.26 Å². The zero-order chi connectivity index (χ0) is 34.8. The first kappa shape index (κ1) is 34.7. The maximum Gasteiger partial charge on any atom is 0.199 e. The SMILES string of the molecule is C1CC(N2CCOCC2)CCN1.COc1cc2c(=O)c3c4ccc(C#N)cc4[nH]c3n(C(C)C)c2c(F)c1N1CCC(N2CCOCC2)CC1. The van der Waals surface area contributed by atoms with Crippen LogP contribution in [0.15, 0.2) is 29.1 Å². The molecule has 0 bridgehead atoms. The van der Waals surface area contributed by atoms with Gasteiger partial charge in [0.2, 0.25) is 0 Å². The lowest BCUT2D eigenvalue weighted by Crippen LogP contribution is -2.49. The first-order valence-corrected chi connectivity index (χ1v) is 18.3. The minimum atomic E-state index is -0.437. The Morgan fingerprint density at radius 1 is 0.900 bits per heavy atom. The van der Waals surface area contributed by atoms with E-state index in [1.165, 1.54) is 33.0 Å². The summed E-state index contributed by atoms with van der Waals surface area (Å²) >= 11 is 0. The Morgan fingerprint density at radius 3 is 2.10 bits per heavy atom. The second-order valence-corrected chi connectivity index (χ2v) is 14.1. The summed E-state index contributed by atoms with van der Waals surface area (Å²) in [6.07, 6.45) is 4.50. The molecule has 4 saturated heterocycles. The van der Waals surface area contributed by atoms with Gasteiger partial charge >= 0.3 is 0 Å². The van der Waals surface area contributed by atoms with Crippen LogP contribution < -0.4 is 20.4 Å². The fraction of sp³-hybridized carbons (Fsp3) is 0.579. The number of rotatable bonds is 5. The van der Waals surface area contributed by atoms with Crippen LogP contribution in [0.25, 0.3) is 32.8 Å². The molecule has 50 heavy (non-hydrogen) atoms. The topological polar surface area (TPSA) is 111 Å². The molecular formula is C38H50FN7O4. The molecular weight excluding hydrogens is 637 g/mol. The van der Waals surface area contributed by atoms with E-state index in [0.29, 0.717) is 58.1 Å². The predicted molar refractivity (Wildman–Crippen MR) is 195 cm³/mol. The number of anilines is 1. The van der Waals surface area contributed by atoms with E-state index in [4.69, 9.17) is 14.2 Å². The summed E-state index contributed by atoms with van der Waals surface area (Å²) in [6.45, 7) is 15.3. The summed E-state index contributed by atoms with van der Waals surface area (Å²) in [4.78, 5) is 24.3. The molecule has 4 aromatic rings. The van der Waals surface area contributed by atoms with Gasteiger partial charge in [0.05, 0.1) is 61.5 Å². The Labute approximate surface area is 292 Å². The van der Waals surface area contributed by atoms with Crippen molar-refractivity contribution >= 4 is 38.5 Å². The second-order valence-electron chi connectivity index (χ2n) is 14.1. The van der Waals surface area contributed by atoms with Crippen molar-refractivity contribution in [2.75, 3.05) is 90.8 Å². The Balaban J connectivity index is 0.000000275. The van der Waals surface area contributed by atoms with Crippen LogP contribution in [0.3, 0.4) is 0 Å². The van der Waals surface area contributed by atoms with Crippen LogP contribution in [0.5, 0.6) is 5.75 Å². The number of morpholine rings is 2. The molecule has 0 spiro atoms. The van der Waals surface area contributed by atoms with Gasteiger partial charge in [-0.1, -0.05) is 6.07 Å². The number of nitriles is 1. The van der Waals surface area contributed by atoms with Crippen LogP contribution in [0, 0.1) is 17.1 Å². The van der Waals surface area contributed by atoms with Gasteiger partial charge in [0.25, 0.3) is 0 Å². The maximum atomic E-state index is 16.7. The molecule has 12 heteroatoms. The smallest absolute Gasteiger partial charge is 0.199 e. The van der Waals surface area contributed by atoms with Gasteiger partial charge < -0.3 is 34.0 Å². The molecule has 0 aliphatic carbocycles. The summed E-state index contributed by atoms with van der Waals surface area (Å²) in [5.74, 6) is -0.0635. The average molecular weight is 688 g/mol. The third-order valence-corrected chi connectivity index (χ3v) is 11.0. The number of hydrogen-bond donors (Lipinski definition) is 2. The summed E-state index contributed by atoms with van der Waals surface area (Å²) in [6, 6.07) is 10.2. The number of H-pyrrole nitrogens is 1. The normalized spacial score (nSPS) is 20.4. The Kier molecular flexibility index (Phi) is 10.6. The van der Waals surface area contributed by atoms with Crippen LogP contribution in [0.2, 0.25) is 0 Å². The van der Waals surface area contributed by atoms with Crippen LogP contribution in [0.1, 0.15) is 51.1 Å². The Morgan fingerprint density at radius 2 is 1.52 bits per heavy atom.